The van der Waals surface area contributed by atoms with Crippen LogP contribution in [0.3, 0.4) is 0 Å². The van der Waals surface area contributed by atoms with Crippen LogP contribution in [-0.2, 0) is 11.3 Å². The molecule has 2 N–H and O–H groups in total. The Morgan fingerprint density at radius 1 is 1.26 bits per heavy atom. The van der Waals surface area contributed by atoms with Crippen LogP contribution in [0.1, 0.15) is 38.7 Å². The average Bonchev–Trinajstić information content (AvgIpc) is 2.42. The van der Waals surface area contributed by atoms with Crippen LogP contribution in [0.15, 0.2) is 24.3 Å². The van der Waals surface area contributed by atoms with E-state index >= 15 is 0 Å². The molecule has 0 bridgehead atoms. The number of hydrogen-bond acceptors (Lipinski definition) is 3. The lowest BCUT2D eigenvalue weighted by atomic mass is 10.1. The summed E-state index contributed by atoms with van der Waals surface area (Å²) in [5.41, 5.74) is 1.06. The first-order valence-electron chi connectivity index (χ1n) is 6.85. The number of hydrogen-bond donors (Lipinski definition) is 2. The Kier molecular flexibility index (Phi) is 6.97. The maximum absolute atomic E-state index is 11.0. The Balaban J connectivity index is 2.46. The summed E-state index contributed by atoms with van der Waals surface area (Å²) in [7, 11) is 0. The van der Waals surface area contributed by atoms with Crippen molar-refractivity contribution in [3.8, 4) is 5.75 Å². The number of carboxylic acids is 1. The molecule has 0 aromatic heterocycles. The number of rotatable bonds is 9. The van der Waals surface area contributed by atoms with Crippen LogP contribution in [0.5, 0.6) is 5.75 Å². The molecule has 1 unspecified atom stereocenters. The van der Waals surface area contributed by atoms with Crippen LogP contribution in [0.4, 0.5) is 0 Å². The molecule has 0 aliphatic carbocycles. The van der Waals surface area contributed by atoms with Crippen LogP contribution >= 0.6 is 0 Å². The van der Waals surface area contributed by atoms with Gasteiger partial charge in [-0.05, 0) is 30.5 Å². The Morgan fingerprint density at radius 3 is 2.47 bits per heavy atom. The molecule has 1 aromatic rings. The second kappa shape index (κ2) is 8.53. The quantitative estimate of drug-likeness (QED) is 0.721. The molecule has 0 heterocycles. The minimum absolute atomic E-state index is 0.471. The van der Waals surface area contributed by atoms with E-state index < -0.39 is 12.0 Å². The second-order valence-electron chi connectivity index (χ2n) is 4.55. The molecule has 106 valence electrons. The first-order valence-corrected chi connectivity index (χ1v) is 6.85. The number of benzene rings is 1. The highest BCUT2D eigenvalue weighted by Crippen LogP contribution is 2.12. The van der Waals surface area contributed by atoms with E-state index in [1.807, 2.05) is 31.2 Å². The molecule has 19 heavy (non-hydrogen) atoms. The largest absolute Gasteiger partial charge is 0.494 e. The minimum Gasteiger partial charge on any atom is -0.494 e. The van der Waals surface area contributed by atoms with Crippen molar-refractivity contribution in [3.05, 3.63) is 29.8 Å². The monoisotopic (exact) mass is 265 g/mol. The van der Waals surface area contributed by atoms with Gasteiger partial charge in [-0.25, -0.2) is 0 Å². The third-order valence-electron chi connectivity index (χ3n) is 2.82. The molecule has 0 radical (unpaired) electrons. The van der Waals surface area contributed by atoms with Gasteiger partial charge in [0.2, 0.25) is 0 Å². The minimum atomic E-state index is -0.787. The molecule has 0 aliphatic heterocycles. The van der Waals surface area contributed by atoms with E-state index in [9.17, 15) is 4.79 Å². The number of carbonyl (C=O) groups is 1. The molecule has 4 heteroatoms. The molecule has 0 saturated heterocycles. The number of aliphatic carboxylic acids is 1. The van der Waals surface area contributed by atoms with Crippen molar-refractivity contribution in [3.63, 3.8) is 0 Å². The van der Waals surface area contributed by atoms with Gasteiger partial charge in [-0.15, -0.1) is 0 Å². The molecule has 1 atom stereocenters. The fourth-order valence-corrected chi connectivity index (χ4v) is 1.77. The highest BCUT2D eigenvalue weighted by atomic mass is 16.5. The average molecular weight is 265 g/mol. The number of nitrogens with one attached hydrogen (secondary N) is 1. The molecule has 0 fully saturated rings. The Labute approximate surface area is 114 Å². The zero-order valence-corrected chi connectivity index (χ0v) is 11.7. The van der Waals surface area contributed by atoms with Crippen molar-refractivity contribution in [1.82, 2.24) is 5.32 Å². The normalized spacial score (nSPS) is 12.1. The second-order valence-corrected chi connectivity index (χ2v) is 4.55. The summed E-state index contributed by atoms with van der Waals surface area (Å²) in [4.78, 5) is 11.0. The molecule has 1 aromatic carbocycles. The van der Waals surface area contributed by atoms with Crippen molar-refractivity contribution < 1.29 is 14.6 Å². The predicted octanol–water partition coefficient (Wildman–Crippen LogP) is 2.82. The van der Waals surface area contributed by atoms with E-state index in [2.05, 4.69) is 12.2 Å². The standard InChI is InChI=1S/C15H23NO3/c1-3-5-14(15(17)18)16-11-12-6-8-13(9-7-12)19-10-4-2/h6-9,14,16H,3-5,10-11H2,1-2H3,(H,17,18). The van der Waals surface area contributed by atoms with Crippen molar-refractivity contribution in [2.45, 2.75) is 45.7 Å². The van der Waals surface area contributed by atoms with E-state index in [4.69, 9.17) is 9.84 Å². The molecule has 0 saturated carbocycles. The topological polar surface area (TPSA) is 58.6 Å². The number of ether oxygens (including phenoxy) is 1. The van der Waals surface area contributed by atoms with Crippen LogP contribution in [-0.4, -0.2) is 23.7 Å². The first kappa shape index (κ1) is 15.5. The smallest absolute Gasteiger partial charge is 0.320 e. The van der Waals surface area contributed by atoms with Crippen LogP contribution in [0.2, 0.25) is 0 Å². The van der Waals surface area contributed by atoms with E-state index in [1.54, 1.807) is 0 Å². The lowest BCUT2D eigenvalue weighted by molar-refractivity contribution is -0.139. The van der Waals surface area contributed by atoms with Gasteiger partial charge in [0.15, 0.2) is 0 Å². The number of carboxylic acid groups (broad SMARTS) is 1. The third-order valence-corrected chi connectivity index (χ3v) is 2.82. The van der Waals surface area contributed by atoms with Crippen LogP contribution < -0.4 is 10.1 Å². The SMILES string of the molecule is CCCOc1ccc(CNC(CCC)C(=O)O)cc1. The van der Waals surface area contributed by atoms with Gasteiger partial charge in [0.1, 0.15) is 11.8 Å². The van der Waals surface area contributed by atoms with Crippen LogP contribution in [0, 0.1) is 0 Å². The molecule has 0 spiro atoms. The van der Waals surface area contributed by atoms with Gasteiger partial charge in [-0.2, -0.15) is 0 Å². The van der Waals surface area contributed by atoms with E-state index in [-0.39, 0.29) is 0 Å². The van der Waals surface area contributed by atoms with Gasteiger partial charge in [-0.3, -0.25) is 4.79 Å². The van der Waals surface area contributed by atoms with Gasteiger partial charge >= 0.3 is 5.97 Å². The zero-order valence-electron chi connectivity index (χ0n) is 11.7. The Morgan fingerprint density at radius 2 is 1.95 bits per heavy atom. The maximum Gasteiger partial charge on any atom is 0.320 e. The van der Waals surface area contributed by atoms with Crippen LogP contribution in [0.25, 0.3) is 0 Å². The van der Waals surface area contributed by atoms with Crippen molar-refractivity contribution in [2.75, 3.05) is 6.61 Å². The summed E-state index contributed by atoms with van der Waals surface area (Å²) < 4.78 is 5.50. The van der Waals surface area contributed by atoms with E-state index in [0.717, 1.165) is 30.8 Å². The first-order chi connectivity index (χ1) is 9.17. The zero-order chi connectivity index (χ0) is 14.1. The molecular weight excluding hydrogens is 242 g/mol. The van der Waals surface area contributed by atoms with Gasteiger partial charge in [0.25, 0.3) is 0 Å². The van der Waals surface area contributed by atoms with Crippen molar-refractivity contribution in [1.29, 1.82) is 0 Å². The fraction of sp³-hybridized carbons (Fsp3) is 0.533. The summed E-state index contributed by atoms with van der Waals surface area (Å²) >= 11 is 0. The molecule has 0 amide bonds. The molecule has 0 aliphatic rings. The Bertz CT molecular complexity index is 375. The summed E-state index contributed by atoms with van der Waals surface area (Å²) in [5.74, 6) is 0.0682. The van der Waals surface area contributed by atoms with Gasteiger partial charge in [0, 0.05) is 6.54 Å². The van der Waals surface area contributed by atoms with Gasteiger partial charge in [-0.1, -0.05) is 32.4 Å². The summed E-state index contributed by atoms with van der Waals surface area (Å²) in [6.07, 6.45) is 2.49. The van der Waals surface area contributed by atoms with E-state index in [0.29, 0.717) is 13.0 Å². The summed E-state index contributed by atoms with van der Waals surface area (Å²) in [5, 5.41) is 12.1. The fourth-order valence-electron chi connectivity index (χ4n) is 1.77. The lowest BCUT2D eigenvalue weighted by Gasteiger charge is -2.13. The predicted molar refractivity (Wildman–Crippen MR) is 75.4 cm³/mol. The molecular formula is C15H23NO3. The highest BCUT2D eigenvalue weighted by molar-refractivity contribution is 5.73. The highest BCUT2D eigenvalue weighted by Gasteiger charge is 2.14. The van der Waals surface area contributed by atoms with Gasteiger partial charge in [0.05, 0.1) is 6.61 Å². The lowest BCUT2D eigenvalue weighted by Crippen LogP contribution is -2.35. The molecule has 1 rings (SSSR count). The van der Waals surface area contributed by atoms with Crippen molar-refractivity contribution in [2.24, 2.45) is 0 Å². The summed E-state index contributed by atoms with van der Waals surface area (Å²) in [6.45, 7) is 5.33. The van der Waals surface area contributed by atoms with Crippen molar-refractivity contribution >= 4 is 5.97 Å². The Hall–Kier alpha value is -1.55. The van der Waals surface area contributed by atoms with Gasteiger partial charge < -0.3 is 15.2 Å². The summed E-state index contributed by atoms with van der Waals surface area (Å²) in [6, 6.07) is 7.29. The third kappa shape index (κ3) is 5.75. The molecule has 4 nitrogen and oxygen atoms in total. The maximum atomic E-state index is 11.0. The van der Waals surface area contributed by atoms with E-state index in [1.165, 1.54) is 0 Å².